The van der Waals surface area contributed by atoms with Crippen molar-refractivity contribution >= 4 is 23.2 Å². The maximum atomic E-state index is 12.8. The van der Waals surface area contributed by atoms with Crippen LogP contribution in [0.5, 0.6) is 5.75 Å². The van der Waals surface area contributed by atoms with Gasteiger partial charge >= 0.3 is 0 Å². The van der Waals surface area contributed by atoms with E-state index in [0.29, 0.717) is 18.0 Å². The van der Waals surface area contributed by atoms with Gasteiger partial charge in [0.25, 0.3) is 5.91 Å². The molecule has 26 heavy (non-hydrogen) atoms. The fraction of sp³-hybridized carbons (Fsp3) is 0.400. The standard InChI is InChI=1S/C20H26N2O3S/c1-14(2)18(21-19(23)17-10-7-13-26-17)20(24)22(4)11-12-25-16-9-6-5-8-15(16)3/h5-10,13-14,18H,11-12H2,1-4H3,(H,21,23). The molecule has 0 aliphatic heterocycles. The number of nitrogens with one attached hydrogen (secondary N) is 1. The number of amides is 2. The maximum absolute atomic E-state index is 12.8. The SMILES string of the molecule is Cc1ccccc1OCCN(C)C(=O)C(NC(=O)c1cccs1)C(C)C. The molecule has 2 rings (SSSR count). The molecule has 1 aromatic heterocycles. The van der Waals surface area contributed by atoms with Gasteiger partial charge in [0.15, 0.2) is 0 Å². The minimum Gasteiger partial charge on any atom is -0.491 e. The lowest BCUT2D eigenvalue weighted by atomic mass is 10.0. The molecule has 1 aromatic carbocycles. The van der Waals surface area contributed by atoms with Gasteiger partial charge in [0.2, 0.25) is 5.91 Å². The van der Waals surface area contributed by atoms with E-state index >= 15 is 0 Å². The second-order valence-corrected chi connectivity index (χ2v) is 7.49. The van der Waals surface area contributed by atoms with Crippen LogP contribution in [0.1, 0.15) is 29.1 Å². The molecule has 0 spiro atoms. The third-order valence-corrected chi connectivity index (χ3v) is 4.99. The first-order valence-corrected chi connectivity index (χ1v) is 9.56. The second kappa shape index (κ2) is 9.38. The van der Waals surface area contributed by atoms with Gasteiger partial charge in [-0.2, -0.15) is 0 Å². The number of likely N-dealkylation sites (N-methyl/N-ethyl adjacent to an activating group) is 1. The van der Waals surface area contributed by atoms with Crippen molar-refractivity contribution in [1.82, 2.24) is 10.2 Å². The molecular formula is C20H26N2O3S. The molecule has 0 bridgehead atoms. The van der Waals surface area contributed by atoms with Crippen LogP contribution < -0.4 is 10.1 Å². The molecule has 0 saturated heterocycles. The van der Waals surface area contributed by atoms with Gasteiger partial charge in [-0.05, 0) is 35.9 Å². The number of hydrogen-bond acceptors (Lipinski definition) is 4. The average molecular weight is 375 g/mol. The summed E-state index contributed by atoms with van der Waals surface area (Å²) in [4.78, 5) is 27.3. The minimum atomic E-state index is -0.562. The number of nitrogens with zero attached hydrogens (tertiary/aromatic N) is 1. The topological polar surface area (TPSA) is 58.6 Å². The number of ether oxygens (including phenoxy) is 1. The van der Waals surface area contributed by atoms with Crippen LogP contribution in [0.15, 0.2) is 41.8 Å². The van der Waals surface area contributed by atoms with Crippen LogP contribution in [-0.4, -0.2) is 43.0 Å². The van der Waals surface area contributed by atoms with E-state index in [1.165, 1.54) is 11.3 Å². The highest BCUT2D eigenvalue weighted by molar-refractivity contribution is 7.12. The molecule has 0 saturated carbocycles. The van der Waals surface area contributed by atoms with Gasteiger partial charge in [-0.1, -0.05) is 38.1 Å². The number of para-hydroxylation sites is 1. The fourth-order valence-electron chi connectivity index (χ4n) is 2.49. The first-order valence-electron chi connectivity index (χ1n) is 8.68. The Morgan fingerprint density at radius 3 is 2.54 bits per heavy atom. The van der Waals surface area contributed by atoms with Gasteiger partial charge < -0.3 is 15.0 Å². The van der Waals surface area contributed by atoms with Crippen molar-refractivity contribution < 1.29 is 14.3 Å². The molecule has 0 aliphatic carbocycles. The van der Waals surface area contributed by atoms with Crippen LogP contribution in [0.25, 0.3) is 0 Å². The number of hydrogen-bond donors (Lipinski definition) is 1. The molecule has 1 unspecified atom stereocenters. The van der Waals surface area contributed by atoms with E-state index in [2.05, 4.69) is 5.32 Å². The number of benzene rings is 1. The Morgan fingerprint density at radius 2 is 1.92 bits per heavy atom. The Bertz CT molecular complexity index is 728. The van der Waals surface area contributed by atoms with E-state index in [4.69, 9.17) is 4.74 Å². The first-order chi connectivity index (χ1) is 12.4. The quantitative estimate of drug-likeness (QED) is 0.771. The van der Waals surface area contributed by atoms with Crippen molar-refractivity contribution in [3.05, 3.63) is 52.2 Å². The Morgan fingerprint density at radius 1 is 1.19 bits per heavy atom. The summed E-state index contributed by atoms with van der Waals surface area (Å²) >= 11 is 1.36. The smallest absolute Gasteiger partial charge is 0.262 e. The Hall–Kier alpha value is -2.34. The Labute approximate surface area is 159 Å². The Balaban J connectivity index is 1.90. The highest BCUT2D eigenvalue weighted by atomic mass is 32.1. The van der Waals surface area contributed by atoms with Crippen LogP contribution in [0.4, 0.5) is 0 Å². The van der Waals surface area contributed by atoms with E-state index in [9.17, 15) is 9.59 Å². The highest BCUT2D eigenvalue weighted by Crippen LogP contribution is 2.16. The molecule has 140 valence electrons. The summed E-state index contributed by atoms with van der Waals surface area (Å²) in [7, 11) is 1.73. The first kappa shape index (κ1) is 20.0. The summed E-state index contributed by atoms with van der Waals surface area (Å²) in [6, 6.07) is 10.8. The molecule has 2 amide bonds. The molecule has 2 aromatic rings. The van der Waals surface area contributed by atoms with E-state index in [0.717, 1.165) is 11.3 Å². The van der Waals surface area contributed by atoms with Gasteiger partial charge in [-0.25, -0.2) is 0 Å². The predicted octanol–water partition coefficient (Wildman–Crippen LogP) is 3.35. The second-order valence-electron chi connectivity index (χ2n) is 6.55. The van der Waals surface area contributed by atoms with Crippen LogP contribution in [0, 0.1) is 12.8 Å². The number of aryl methyl sites for hydroxylation is 1. The zero-order chi connectivity index (χ0) is 19.1. The lowest BCUT2D eigenvalue weighted by Gasteiger charge is -2.27. The molecule has 1 atom stereocenters. The summed E-state index contributed by atoms with van der Waals surface area (Å²) in [5.74, 6) is 0.487. The fourth-order valence-corrected chi connectivity index (χ4v) is 3.12. The maximum Gasteiger partial charge on any atom is 0.262 e. The van der Waals surface area contributed by atoms with Gasteiger partial charge in [0.1, 0.15) is 18.4 Å². The average Bonchev–Trinajstić information content (AvgIpc) is 3.15. The largest absolute Gasteiger partial charge is 0.491 e. The molecule has 5 nitrogen and oxygen atoms in total. The number of carbonyl (C=O) groups is 2. The number of rotatable bonds is 8. The number of carbonyl (C=O) groups excluding carboxylic acids is 2. The van der Waals surface area contributed by atoms with Crippen molar-refractivity contribution in [2.75, 3.05) is 20.2 Å². The van der Waals surface area contributed by atoms with Gasteiger partial charge in [-0.3, -0.25) is 9.59 Å². The lowest BCUT2D eigenvalue weighted by Crippen LogP contribution is -2.50. The van der Waals surface area contributed by atoms with E-state index in [-0.39, 0.29) is 17.7 Å². The van der Waals surface area contributed by atoms with Crippen molar-refractivity contribution in [3.8, 4) is 5.75 Å². The van der Waals surface area contributed by atoms with Crippen molar-refractivity contribution in [2.45, 2.75) is 26.8 Å². The number of thiophene rings is 1. The summed E-state index contributed by atoms with van der Waals surface area (Å²) in [6.07, 6.45) is 0. The van der Waals surface area contributed by atoms with E-state index in [1.807, 2.05) is 56.5 Å². The molecular weight excluding hydrogens is 348 g/mol. The van der Waals surface area contributed by atoms with Crippen molar-refractivity contribution in [2.24, 2.45) is 5.92 Å². The van der Waals surface area contributed by atoms with E-state index < -0.39 is 6.04 Å². The molecule has 0 fully saturated rings. The lowest BCUT2D eigenvalue weighted by molar-refractivity contribution is -0.133. The third kappa shape index (κ3) is 5.33. The summed E-state index contributed by atoms with van der Waals surface area (Å²) in [5.41, 5.74) is 1.06. The van der Waals surface area contributed by atoms with Gasteiger partial charge in [0, 0.05) is 7.05 Å². The van der Waals surface area contributed by atoms with Gasteiger partial charge in [0.05, 0.1) is 11.4 Å². The third-order valence-electron chi connectivity index (χ3n) is 4.12. The Kier molecular flexibility index (Phi) is 7.21. The zero-order valence-corrected chi connectivity index (χ0v) is 16.5. The summed E-state index contributed by atoms with van der Waals surface area (Å²) < 4.78 is 5.76. The van der Waals surface area contributed by atoms with Crippen LogP contribution >= 0.6 is 11.3 Å². The monoisotopic (exact) mass is 374 g/mol. The van der Waals surface area contributed by atoms with Crippen molar-refractivity contribution in [3.63, 3.8) is 0 Å². The van der Waals surface area contributed by atoms with Crippen LogP contribution in [0.3, 0.4) is 0 Å². The minimum absolute atomic E-state index is 0.00820. The zero-order valence-electron chi connectivity index (χ0n) is 15.7. The normalized spacial score (nSPS) is 11.9. The van der Waals surface area contributed by atoms with Crippen LogP contribution in [-0.2, 0) is 4.79 Å². The van der Waals surface area contributed by atoms with E-state index in [1.54, 1.807) is 18.0 Å². The van der Waals surface area contributed by atoms with Crippen molar-refractivity contribution in [1.29, 1.82) is 0 Å². The highest BCUT2D eigenvalue weighted by Gasteiger charge is 2.27. The summed E-state index contributed by atoms with van der Waals surface area (Å²) in [5, 5.41) is 4.70. The predicted molar refractivity (Wildman–Crippen MR) is 105 cm³/mol. The molecule has 0 radical (unpaired) electrons. The van der Waals surface area contributed by atoms with Crippen LogP contribution in [0.2, 0.25) is 0 Å². The molecule has 6 heteroatoms. The van der Waals surface area contributed by atoms with Gasteiger partial charge in [-0.15, -0.1) is 11.3 Å². The molecule has 1 N–H and O–H groups in total. The molecule has 0 aliphatic rings. The summed E-state index contributed by atoms with van der Waals surface area (Å²) in [6.45, 7) is 6.69. The molecule has 1 heterocycles.